The Morgan fingerprint density at radius 2 is 2.45 bits per heavy atom. The molecule has 1 aromatic rings. The highest BCUT2D eigenvalue weighted by molar-refractivity contribution is 5.75. The summed E-state index contributed by atoms with van der Waals surface area (Å²) in [7, 11) is 0. The number of rotatable bonds is 2. The lowest BCUT2D eigenvalue weighted by atomic mass is 10.4. The number of guanidine groups is 1. The van der Waals surface area contributed by atoms with Crippen molar-refractivity contribution in [3.63, 3.8) is 0 Å². The second kappa shape index (κ2) is 3.05. The van der Waals surface area contributed by atoms with E-state index >= 15 is 0 Å². The SMILES string of the molecule is Cc1cc(CN=C(N)N)n[nH]1. The van der Waals surface area contributed by atoms with Crippen molar-refractivity contribution in [2.24, 2.45) is 16.5 Å². The highest BCUT2D eigenvalue weighted by atomic mass is 15.1. The van der Waals surface area contributed by atoms with Crippen LogP contribution in [0.3, 0.4) is 0 Å². The number of aromatic amines is 1. The molecule has 60 valence electrons. The maximum absolute atomic E-state index is 5.14. The molecule has 0 amide bonds. The summed E-state index contributed by atoms with van der Waals surface area (Å²) >= 11 is 0. The molecule has 0 atom stereocenters. The molecular weight excluding hydrogens is 142 g/mol. The van der Waals surface area contributed by atoms with Crippen molar-refractivity contribution in [3.05, 3.63) is 17.5 Å². The van der Waals surface area contributed by atoms with Crippen molar-refractivity contribution in [2.75, 3.05) is 0 Å². The monoisotopic (exact) mass is 153 g/mol. The quantitative estimate of drug-likeness (QED) is 0.394. The molecule has 0 aliphatic carbocycles. The summed E-state index contributed by atoms with van der Waals surface area (Å²) < 4.78 is 0. The fourth-order valence-corrected chi connectivity index (χ4v) is 0.728. The van der Waals surface area contributed by atoms with Gasteiger partial charge in [0.1, 0.15) is 0 Å². The average Bonchev–Trinajstić information content (AvgIpc) is 2.31. The van der Waals surface area contributed by atoms with Gasteiger partial charge in [0.25, 0.3) is 0 Å². The van der Waals surface area contributed by atoms with Gasteiger partial charge in [-0.3, -0.25) is 5.10 Å². The predicted octanol–water partition coefficient (Wildman–Crippen LogP) is -0.508. The number of hydrogen-bond acceptors (Lipinski definition) is 2. The van der Waals surface area contributed by atoms with Crippen molar-refractivity contribution in [3.8, 4) is 0 Å². The lowest BCUT2D eigenvalue weighted by Gasteiger charge is -1.88. The van der Waals surface area contributed by atoms with Gasteiger partial charge in [0.05, 0.1) is 12.2 Å². The van der Waals surface area contributed by atoms with E-state index in [1.54, 1.807) is 0 Å². The highest BCUT2D eigenvalue weighted by Crippen LogP contribution is 1.98. The maximum Gasteiger partial charge on any atom is 0.186 e. The van der Waals surface area contributed by atoms with Gasteiger partial charge in [0, 0.05) is 5.69 Å². The van der Waals surface area contributed by atoms with Crippen LogP contribution in [0.15, 0.2) is 11.1 Å². The van der Waals surface area contributed by atoms with Crippen molar-refractivity contribution in [2.45, 2.75) is 13.5 Å². The van der Waals surface area contributed by atoms with Crippen LogP contribution in [0.5, 0.6) is 0 Å². The van der Waals surface area contributed by atoms with E-state index in [-0.39, 0.29) is 5.96 Å². The van der Waals surface area contributed by atoms with Crippen molar-refractivity contribution < 1.29 is 0 Å². The Hall–Kier alpha value is -1.52. The summed E-state index contributed by atoms with van der Waals surface area (Å²) in [5.41, 5.74) is 12.1. The molecule has 0 aliphatic heterocycles. The summed E-state index contributed by atoms with van der Waals surface area (Å²) in [6.07, 6.45) is 0. The molecule has 5 heteroatoms. The third-order valence-corrected chi connectivity index (χ3v) is 1.18. The second-order valence-electron chi connectivity index (χ2n) is 2.28. The van der Waals surface area contributed by atoms with E-state index in [9.17, 15) is 0 Å². The third kappa shape index (κ3) is 2.29. The summed E-state index contributed by atoms with van der Waals surface area (Å²) in [6, 6.07) is 1.90. The number of hydrogen-bond donors (Lipinski definition) is 3. The van der Waals surface area contributed by atoms with E-state index in [0.29, 0.717) is 6.54 Å². The third-order valence-electron chi connectivity index (χ3n) is 1.18. The molecule has 0 bridgehead atoms. The maximum atomic E-state index is 5.14. The molecule has 0 unspecified atom stereocenters. The lowest BCUT2D eigenvalue weighted by Crippen LogP contribution is -2.22. The molecule has 0 saturated heterocycles. The number of aliphatic imine (C=N–C) groups is 1. The molecule has 0 aromatic carbocycles. The van der Waals surface area contributed by atoms with E-state index in [1.165, 1.54) is 0 Å². The van der Waals surface area contributed by atoms with Gasteiger partial charge in [-0.15, -0.1) is 0 Å². The van der Waals surface area contributed by atoms with Crippen LogP contribution in [0.4, 0.5) is 0 Å². The van der Waals surface area contributed by atoms with E-state index in [0.717, 1.165) is 11.4 Å². The first kappa shape index (κ1) is 7.59. The average molecular weight is 153 g/mol. The highest BCUT2D eigenvalue weighted by Gasteiger charge is 1.94. The van der Waals surface area contributed by atoms with Crippen molar-refractivity contribution in [1.82, 2.24) is 10.2 Å². The number of nitrogens with one attached hydrogen (secondary N) is 1. The minimum absolute atomic E-state index is 0.0886. The number of aryl methyl sites for hydroxylation is 1. The van der Waals surface area contributed by atoms with Gasteiger partial charge >= 0.3 is 0 Å². The molecule has 0 spiro atoms. The summed E-state index contributed by atoms with van der Waals surface area (Å²) in [5.74, 6) is 0.0886. The van der Waals surface area contributed by atoms with Crippen LogP contribution in [-0.4, -0.2) is 16.2 Å². The lowest BCUT2D eigenvalue weighted by molar-refractivity contribution is 0.935. The second-order valence-corrected chi connectivity index (χ2v) is 2.28. The van der Waals surface area contributed by atoms with E-state index in [1.807, 2.05) is 13.0 Å². The zero-order valence-corrected chi connectivity index (χ0v) is 6.33. The fraction of sp³-hybridized carbons (Fsp3) is 0.333. The van der Waals surface area contributed by atoms with Gasteiger partial charge in [-0.1, -0.05) is 0 Å². The number of nitrogens with two attached hydrogens (primary N) is 2. The molecular formula is C6H11N5. The van der Waals surface area contributed by atoms with Gasteiger partial charge in [0.15, 0.2) is 5.96 Å². The minimum atomic E-state index is 0.0886. The zero-order valence-electron chi connectivity index (χ0n) is 6.33. The van der Waals surface area contributed by atoms with Crippen LogP contribution in [0.2, 0.25) is 0 Å². The Morgan fingerprint density at radius 3 is 2.91 bits per heavy atom. The Kier molecular flexibility index (Phi) is 2.10. The molecule has 1 heterocycles. The van der Waals surface area contributed by atoms with Crippen LogP contribution in [-0.2, 0) is 6.54 Å². The summed E-state index contributed by atoms with van der Waals surface area (Å²) in [6.45, 7) is 2.36. The molecule has 5 N–H and O–H groups in total. The van der Waals surface area contributed by atoms with Crippen LogP contribution >= 0.6 is 0 Å². The summed E-state index contributed by atoms with van der Waals surface area (Å²) in [5, 5.41) is 6.74. The topological polar surface area (TPSA) is 93.1 Å². The molecule has 0 fully saturated rings. The van der Waals surface area contributed by atoms with Gasteiger partial charge in [0.2, 0.25) is 0 Å². The molecule has 5 nitrogen and oxygen atoms in total. The first-order valence-electron chi connectivity index (χ1n) is 3.25. The fourth-order valence-electron chi connectivity index (χ4n) is 0.728. The predicted molar refractivity (Wildman–Crippen MR) is 42.8 cm³/mol. The van der Waals surface area contributed by atoms with Crippen LogP contribution in [0, 0.1) is 6.92 Å². The smallest absolute Gasteiger partial charge is 0.186 e. The van der Waals surface area contributed by atoms with Crippen LogP contribution in [0.25, 0.3) is 0 Å². The van der Waals surface area contributed by atoms with E-state index in [4.69, 9.17) is 11.5 Å². The molecule has 0 aliphatic rings. The Balaban J connectivity index is 2.58. The zero-order chi connectivity index (χ0) is 8.27. The normalized spacial score (nSPS) is 9.55. The molecule has 0 saturated carbocycles. The van der Waals surface area contributed by atoms with E-state index < -0.39 is 0 Å². The molecule has 0 radical (unpaired) electrons. The molecule has 11 heavy (non-hydrogen) atoms. The van der Waals surface area contributed by atoms with Gasteiger partial charge < -0.3 is 11.5 Å². The summed E-state index contributed by atoms with van der Waals surface area (Å²) in [4.78, 5) is 3.80. The van der Waals surface area contributed by atoms with Crippen molar-refractivity contribution in [1.29, 1.82) is 0 Å². The number of H-pyrrole nitrogens is 1. The number of aromatic nitrogens is 2. The van der Waals surface area contributed by atoms with E-state index in [2.05, 4.69) is 15.2 Å². The first-order valence-corrected chi connectivity index (χ1v) is 3.25. The minimum Gasteiger partial charge on any atom is -0.370 e. The standard InChI is InChI=1S/C6H11N5/c1-4-2-5(11-10-4)3-9-6(7)8/h2H,3H2,1H3,(H,10,11)(H4,7,8,9). The Morgan fingerprint density at radius 1 is 1.73 bits per heavy atom. The van der Waals surface area contributed by atoms with Crippen LogP contribution in [0.1, 0.15) is 11.4 Å². The molecule has 1 aromatic heterocycles. The molecule has 1 rings (SSSR count). The first-order chi connectivity index (χ1) is 5.18. The van der Waals surface area contributed by atoms with Gasteiger partial charge in [-0.05, 0) is 13.0 Å². The largest absolute Gasteiger partial charge is 0.370 e. The Labute approximate surface area is 64.5 Å². The Bertz CT molecular complexity index is 258. The van der Waals surface area contributed by atoms with Crippen molar-refractivity contribution >= 4 is 5.96 Å². The number of nitrogens with zero attached hydrogens (tertiary/aromatic N) is 2. The van der Waals surface area contributed by atoms with Gasteiger partial charge in [-0.25, -0.2) is 4.99 Å². The van der Waals surface area contributed by atoms with Gasteiger partial charge in [-0.2, -0.15) is 5.10 Å². The van der Waals surface area contributed by atoms with Crippen LogP contribution < -0.4 is 11.5 Å².